The van der Waals surface area contributed by atoms with E-state index >= 15 is 0 Å². The summed E-state index contributed by atoms with van der Waals surface area (Å²) in [5, 5.41) is 0. The molecule has 1 atom stereocenters. The van der Waals surface area contributed by atoms with Gasteiger partial charge in [-0.05, 0) is 60.9 Å². The van der Waals surface area contributed by atoms with E-state index in [2.05, 4.69) is 4.98 Å². The number of nitrogens with zero attached hydrogens (tertiary/aromatic N) is 2. The maximum atomic E-state index is 13.7. The lowest BCUT2D eigenvalue weighted by atomic mass is 9.81. The Labute approximate surface area is 215 Å². The van der Waals surface area contributed by atoms with Crippen molar-refractivity contribution in [1.29, 1.82) is 0 Å². The standard InChI is InChI=1S/C26H22F6N2O3S/c27-25(28,29)18-6-2-7-20(14-18)38(35,36)34-15-19(12-16-4-1-5-16)37-23-11-10-17(13-22(23)34)21-8-3-9-24(33-21)26(30,31)32/h2-3,6-11,13-14,16,19H,1,4-5,12,15H2. The fourth-order valence-corrected chi connectivity index (χ4v) is 6.18. The Morgan fingerprint density at radius 2 is 1.66 bits per heavy atom. The second-order valence-electron chi connectivity index (χ2n) is 9.42. The second-order valence-corrected chi connectivity index (χ2v) is 11.3. The van der Waals surface area contributed by atoms with Gasteiger partial charge in [-0.25, -0.2) is 13.4 Å². The summed E-state index contributed by atoms with van der Waals surface area (Å²) in [4.78, 5) is 3.11. The van der Waals surface area contributed by atoms with Crippen LogP contribution in [0, 0.1) is 5.92 Å². The Hall–Kier alpha value is -3.28. The van der Waals surface area contributed by atoms with E-state index in [1.165, 1.54) is 30.3 Å². The first-order valence-electron chi connectivity index (χ1n) is 11.9. The van der Waals surface area contributed by atoms with Crippen molar-refractivity contribution in [2.75, 3.05) is 10.8 Å². The van der Waals surface area contributed by atoms with Gasteiger partial charge in [-0.15, -0.1) is 0 Å². The summed E-state index contributed by atoms with van der Waals surface area (Å²) in [7, 11) is -4.49. The van der Waals surface area contributed by atoms with Gasteiger partial charge in [0.1, 0.15) is 17.5 Å². The van der Waals surface area contributed by atoms with E-state index in [-0.39, 0.29) is 29.2 Å². The van der Waals surface area contributed by atoms with Crippen molar-refractivity contribution in [2.45, 2.75) is 49.0 Å². The Balaban J connectivity index is 1.58. The number of anilines is 1. The van der Waals surface area contributed by atoms with Gasteiger partial charge in [0.05, 0.1) is 28.4 Å². The second kappa shape index (κ2) is 9.48. The zero-order valence-corrected chi connectivity index (χ0v) is 20.6. The monoisotopic (exact) mass is 556 g/mol. The molecule has 1 aliphatic carbocycles. The number of ether oxygens (including phenoxy) is 1. The molecule has 3 aromatic rings. The number of pyridine rings is 1. The van der Waals surface area contributed by atoms with E-state index in [1.807, 2.05) is 0 Å². The van der Waals surface area contributed by atoms with Crippen molar-refractivity contribution in [3.8, 4) is 17.0 Å². The molecule has 0 amide bonds. The fourth-order valence-electron chi connectivity index (χ4n) is 4.64. The van der Waals surface area contributed by atoms with E-state index in [1.54, 1.807) is 0 Å². The van der Waals surface area contributed by atoms with Gasteiger partial charge in [0.25, 0.3) is 10.0 Å². The van der Waals surface area contributed by atoms with Crippen molar-refractivity contribution in [3.63, 3.8) is 0 Å². The van der Waals surface area contributed by atoms with Gasteiger partial charge < -0.3 is 4.74 Å². The van der Waals surface area contributed by atoms with Crippen LogP contribution in [0.5, 0.6) is 5.75 Å². The lowest BCUT2D eigenvalue weighted by molar-refractivity contribution is -0.141. The summed E-state index contributed by atoms with van der Waals surface area (Å²) in [6, 6.07) is 11.1. The topological polar surface area (TPSA) is 59.5 Å². The third-order valence-corrected chi connectivity index (χ3v) is 8.57. The lowest BCUT2D eigenvalue weighted by Crippen LogP contribution is -2.44. The minimum atomic E-state index is -4.75. The molecule has 12 heteroatoms. The number of sulfonamides is 1. The van der Waals surface area contributed by atoms with Crippen LogP contribution < -0.4 is 9.04 Å². The minimum absolute atomic E-state index is 0.0176. The molecular weight excluding hydrogens is 534 g/mol. The van der Waals surface area contributed by atoms with Crippen LogP contribution in [0.1, 0.15) is 36.9 Å². The molecule has 1 aliphatic heterocycles. The largest absolute Gasteiger partial charge is 0.486 e. The summed E-state index contributed by atoms with van der Waals surface area (Å²) in [6.07, 6.45) is -6.37. The molecule has 2 heterocycles. The number of hydrogen-bond acceptors (Lipinski definition) is 4. The SMILES string of the molecule is O=S(=O)(c1cccc(C(F)(F)F)c1)N1CC(CC2CCC2)Oc2ccc(-c3cccc(C(F)(F)F)n3)cc21. The lowest BCUT2D eigenvalue weighted by Gasteiger charge is -2.38. The molecule has 5 rings (SSSR count). The van der Waals surface area contributed by atoms with Crippen molar-refractivity contribution in [1.82, 2.24) is 4.98 Å². The smallest absolute Gasteiger partial charge is 0.433 e. The number of rotatable bonds is 5. The van der Waals surface area contributed by atoms with Gasteiger partial charge in [0.15, 0.2) is 0 Å². The average Bonchev–Trinajstić information content (AvgIpc) is 2.84. The van der Waals surface area contributed by atoms with Crippen LogP contribution in [0.2, 0.25) is 0 Å². The van der Waals surface area contributed by atoms with Crippen LogP contribution in [-0.4, -0.2) is 26.1 Å². The maximum Gasteiger partial charge on any atom is 0.433 e. The highest BCUT2D eigenvalue weighted by Crippen LogP contribution is 2.43. The summed E-state index contributed by atoms with van der Waals surface area (Å²) >= 11 is 0. The van der Waals surface area contributed by atoms with E-state index in [4.69, 9.17) is 4.74 Å². The molecule has 0 bridgehead atoms. The number of benzene rings is 2. The zero-order chi connectivity index (χ0) is 27.3. The van der Waals surface area contributed by atoms with Gasteiger partial charge in [0, 0.05) is 5.56 Å². The van der Waals surface area contributed by atoms with E-state index in [0.717, 1.165) is 47.8 Å². The number of aromatic nitrogens is 1. The number of hydrogen-bond donors (Lipinski definition) is 0. The minimum Gasteiger partial charge on any atom is -0.486 e. The van der Waals surface area contributed by atoms with E-state index in [9.17, 15) is 34.8 Å². The highest BCUT2D eigenvalue weighted by molar-refractivity contribution is 7.92. The highest BCUT2D eigenvalue weighted by Gasteiger charge is 2.38. The van der Waals surface area contributed by atoms with Gasteiger partial charge in [-0.1, -0.05) is 31.4 Å². The zero-order valence-electron chi connectivity index (χ0n) is 19.8. The number of fused-ring (bicyclic) bond motifs is 1. The van der Waals surface area contributed by atoms with Crippen LogP contribution in [0.15, 0.2) is 65.6 Å². The Kier molecular flexibility index (Phi) is 6.57. The van der Waals surface area contributed by atoms with Crippen LogP contribution in [-0.2, 0) is 22.4 Å². The first-order chi connectivity index (χ1) is 17.8. The number of halogens is 6. The van der Waals surface area contributed by atoms with Crippen LogP contribution in [0.4, 0.5) is 32.0 Å². The molecule has 202 valence electrons. The van der Waals surface area contributed by atoms with Gasteiger partial charge in [-0.2, -0.15) is 26.3 Å². The molecule has 5 nitrogen and oxygen atoms in total. The molecule has 2 aromatic carbocycles. The summed E-state index contributed by atoms with van der Waals surface area (Å²) in [5.41, 5.74) is -2.06. The summed E-state index contributed by atoms with van der Waals surface area (Å²) in [5.74, 6) is 0.528. The molecule has 0 radical (unpaired) electrons. The van der Waals surface area contributed by atoms with E-state index < -0.39 is 44.6 Å². The average molecular weight is 557 g/mol. The molecular formula is C26H22F6N2O3S. The molecule has 0 N–H and O–H groups in total. The predicted molar refractivity (Wildman–Crippen MR) is 127 cm³/mol. The maximum absolute atomic E-state index is 13.7. The van der Waals surface area contributed by atoms with Gasteiger partial charge >= 0.3 is 12.4 Å². The summed E-state index contributed by atoms with van der Waals surface area (Å²) < 4.78 is 114. The van der Waals surface area contributed by atoms with Crippen molar-refractivity contribution < 1.29 is 39.5 Å². The van der Waals surface area contributed by atoms with Crippen molar-refractivity contribution >= 4 is 15.7 Å². The third-order valence-electron chi connectivity index (χ3n) is 6.80. The predicted octanol–water partition coefficient (Wildman–Crippen LogP) is 6.93. The van der Waals surface area contributed by atoms with Crippen LogP contribution >= 0.6 is 0 Å². The number of alkyl halides is 6. The normalized spacial score (nSPS) is 18.5. The Morgan fingerprint density at radius 3 is 2.32 bits per heavy atom. The third kappa shape index (κ3) is 5.18. The molecule has 0 spiro atoms. The highest BCUT2D eigenvalue weighted by atomic mass is 32.2. The molecule has 38 heavy (non-hydrogen) atoms. The molecule has 1 saturated carbocycles. The van der Waals surface area contributed by atoms with E-state index in [0.29, 0.717) is 18.4 Å². The molecule has 0 saturated heterocycles. The quantitative estimate of drug-likeness (QED) is 0.320. The molecule has 2 aliphatic rings. The van der Waals surface area contributed by atoms with Gasteiger partial charge in [0.2, 0.25) is 0 Å². The van der Waals surface area contributed by atoms with Crippen molar-refractivity contribution in [3.05, 3.63) is 71.9 Å². The van der Waals surface area contributed by atoms with Gasteiger partial charge in [-0.3, -0.25) is 4.31 Å². The summed E-state index contributed by atoms with van der Waals surface area (Å²) in [6.45, 7) is -0.151. The van der Waals surface area contributed by atoms with Crippen LogP contribution in [0.3, 0.4) is 0 Å². The van der Waals surface area contributed by atoms with Crippen molar-refractivity contribution in [2.24, 2.45) is 5.92 Å². The molecule has 1 unspecified atom stereocenters. The Morgan fingerprint density at radius 1 is 0.921 bits per heavy atom. The first-order valence-corrected chi connectivity index (χ1v) is 13.3. The Bertz CT molecular complexity index is 1450. The molecule has 1 aromatic heterocycles. The first kappa shape index (κ1) is 26.3. The van der Waals surface area contributed by atoms with Crippen LogP contribution in [0.25, 0.3) is 11.3 Å². The molecule has 1 fully saturated rings. The fraction of sp³-hybridized carbons (Fsp3) is 0.346.